The summed E-state index contributed by atoms with van der Waals surface area (Å²) in [6, 6.07) is 1.95. The summed E-state index contributed by atoms with van der Waals surface area (Å²) >= 11 is 1.59. The van der Waals surface area contributed by atoms with Gasteiger partial charge in [-0.1, -0.05) is 6.58 Å². The molecular formula is C9H10O2S. The van der Waals surface area contributed by atoms with E-state index in [-0.39, 0.29) is 6.42 Å². The van der Waals surface area contributed by atoms with Crippen LogP contribution in [0.1, 0.15) is 18.4 Å². The molecule has 0 unspecified atom stereocenters. The first-order valence-corrected chi connectivity index (χ1v) is 4.56. The van der Waals surface area contributed by atoms with E-state index in [4.69, 9.17) is 5.11 Å². The van der Waals surface area contributed by atoms with Crippen LogP contribution in [0.2, 0.25) is 0 Å². The molecule has 2 nitrogen and oxygen atoms in total. The monoisotopic (exact) mass is 182 g/mol. The third-order valence-electron chi connectivity index (χ3n) is 1.57. The van der Waals surface area contributed by atoms with Gasteiger partial charge in [0.25, 0.3) is 0 Å². The zero-order chi connectivity index (χ0) is 8.97. The lowest BCUT2D eigenvalue weighted by Gasteiger charge is -1.98. The minimum atomic E-state index is -0.772. The van der Waals surface area contributed by atoms with Gasteiger partial charge in [0.05, 0.1) is 0 Å². The minimum absolute atomic E-state index is 0.161. The Morgan fingerprint density at radius 3 is 2.83 bits per heavy atom. The molecule has 3 heteroatoms. The van der Waals surface area contributed by atoms with E-state index in [1.165, 1.54) is 0 Å². The largest absolute Gasteiger partial charge is 0.481 e. The molecule has 0 aromatic carbocycles. The van der Waals surface area contributed by atoms with E-state index >= 15 is 0 Å². The van der Waals surface area contributed by atoms with E-state index in [0.717, 1.165) is 11.1 Å². The topological polar surface area (TPSA) is 37.3 Å². The predicted octanol–water partition coefficient (Wildman–Crippen LogP) is 2.63. The standard InChI is InChI=1S/C9H10O2S/c1-7(2-3-9(10)11)8-4-5-12-6-8/h4-6H,1-3H2,(H,10,11). The highest BCUT2D eigenvalue weighted by molar-refractivity contribution is 7.08. The third-order valence-corrected chi connectivity index (χ3v) is 2.25. The summed E-state index contributed by atoms with van der Waals surface area (Å²) in [7, 11) is 0. The maximum absolute atomic E-state index is 10.2. The fourth-order valence-electron chi connectivity index (χ4n) is 0.868. The fourth-order valence-corrected chi connectivity index (χ4v) is 1.56. The number of aliphatic carboxylic acids is 1. The molecule has 0 fully saturated rings. The van der Waals surface area contributed by atoms with Crippen molar-refractivity contribution < 1.29 is 9.90 Å². The molecule has 0 saturated carbocycles. The van der Waals surface area contributed by atoms with Gasteiger partial charge in [0.2, 0.25) is 0 Å². The summed E-state index contributed by atoms with van der Waals surface area (Å²) in [6.07, 6.45) is 0.695. The van der Waals surface area contributed by atoms with Crippen LogP contribution in [0.25, 0.3) is 5.57 Å². The first kappa shape index (κ1) is 9.00. The van der Waals surface area contributed by atoms with Gasteiger partial charge in [-0.15, -0.1) is 0 Å². The van der Waals surface area contributed by atoms with Crippen molar-refractivity contribution in [2.45, 2.75) is 12.8 Å². The second kappa shape index (κ2) is 4.07. The highest BCUT2D eigenvalue weighted by atomic mass is 32.1. The number of hydrogen-bond donors (Lipinski definition) is 1. The van der Waals surface area contributed by atoms with Crippen molar-refractivity contribution in [3.8, 4) is 0 Å². The van der Waals surface area contributed by atoms with E-state index in [1.54, 1.807) is 11.3 Å². The summed E-state index contributed by atoms with van der Waals surface area (Å²) in [5, 5.41) is 12.4. The first-order valence-electron chi connectivity index (χ1n) is 3.62. The van der Waals surface area contributed by atoms with E-state index in [0.29, 0.717) is 6.42 Å². The van der Waals surface area contributed by atoms with Crippen molar-refractivity contribution >= 4 is 22.9 Å². The predicted molar refractivity (Wildman–Crippen MR) is 50.2 cm³/mol. The highest BCUT2D eigenvalue weighted by Crippen LogP contribution is 2.19. The van der Waals surface area contributed by atoms with Crippen molar-refractivity contribution in [1.29, 1.82) is 0 Å². The molecule has 0 amide bonds. The van der Waals surface area contributed by atoms with Crippen molar-refractivity contribution in [1.82, 2.24) is 0 Å². The molecule has 1 aromatic heterocycles. The van der Waals surface area contributed by atoms with Gasteiger partial charge in [-0.25, -0.2) is 0 Å². The summed E-state index contributed by atoms with van der Waals surface area (Å²) in [5.74, 6) is -0.772. The van der Waals surface area contributed by atoms with Crippen molar-refractivity contribution in [2.75, 3.05) is 0 Å². The summed E-state index contributed by atoms with van der Waals surface area (Å²) in [4.78, 5) is 10.2. The molecule has 0 aliphatic rings. The molecule has 0 atom stereocenters. The van der Waals surface area contributed by atoms with Gasteiger partial charge in [0.15, 0.2) is 0 Å². The molecule has 0 bridgehead atoms. The van der Waals surface area contributed by atoms with Gasteiger partial charge in [-0.05, 0) is 34.4 Å². The molecule has 0 spiro atoms. The number of thiophene rings is 1. The number of rotatable bonds is 4. The van der Waals surface area contributed by atoms with Crippen LogP contribution in [0, 0.1) is 0 Å². The SMILES string of the molecule is C=C(CCC(=O)O)c1ccsc1. The Morgan fingerprint density at radius 2 is 2.33 bits per heavy atom. The Hall–Kier alpha value is -1.09. The van der Waals surface area contributed by atoms with Gasteiger partial charge < -0.3 is 5.11 Å². The van der Waals surface area contributed by atoms with E-state index < -0.39 is 5.97 Å². The van der Waals surface area contributed by atoms with E-state index in [1.807, 2.05) is 16.8 Å². The molecule has 0 radical (unpaired) electrons. The molecule has 0 aliphatic carbocycles. The lowest BCUT2D eigenvalue weighted by Crippen LogP contribution is -1.94. The minimum Gasteiger partial charge on any atom is -0.481 e. The van der Waals surface area contributed by atoms with Crippen LogP contribution < -0.4 is 0 Å². The number of carboxylic acids is 1. The van der Waals surface area contributed by atoms with Gasteiger partial charge in [0.1, 0.15) is 0 Å². The smallest absolute Gasteiger partial charge is 0.303 e. The molecule has 1 aromatic rings. The Balaban J connectivity index is 2.45. The average molecular weight is 182 g/mol. The first-order chi connectivity index (χ1) is 5.70. The number of allylic oxidation sites excluding steroid dienone is 1. The van der Waals surface area contributed by atoms with Crippen LogP contribution in [-0.4, -0.2) is 11.1 Å². The molecule has 1 rings (SSSR count). The molecule has 1 heterocycles. The van der Waals surface area contributed by atoms with Gasteiger partial charge in [-0.2, -0.15) is 11.3 Å². The zero-order valence-corrected chi connectivity index (χ0v) is 7.43. The van der Waals surface area contributed by atoms with Crippen molar-refractivity contribution in [3.05, 3.63) is 29.0 Å². The van der Waals surface area contributed by atoms with Gasteiger partial charge >= 0.3 is 5.97 Å². The Kier molecular flexibility index (Phi) is 3.05. The summed E-state index contributed by atoms with van der Waals surface area (Å²) < 4.78 is 0. The molecule has 64 valence electrons. The lowest BCUT2D eigenvalue weighted by atomic mass is 10.1. The van der Waals surface area contributed by atoms with Crippen LogP contribution in [0.15, 0.2) is 23.4 Å². The highest BCUT2D eigenvalue weighted by Gasteiger charge is 2.02. The molecule has 0 saturated heterocycles. The maximum atomic E-state index is 10.2. The van der Waals surface area contributed by atoms with Crippen LogP contribution in [-0.2, 0) is 4.79 Å². The zero-order valence-electron chi connectivity index (χ0n) is 6.62. The molecule has 1 N–H and O–H groups in total. The lowest BCUT2D eigenvalue weighted by molar-refractivity contribution is -0.136. The fraction of sp³-hybridized carbons (Fsp3) is 0.222. The Morgan fingerprint density at radius 1 is 1.58 bits per heavy atom. The van der Waals surface area contributed by atoms with Crippen LogP contribution in [0.5, 0.6) is 0 Å². The normalized spacial score (nSPS) is 9.67. The maximum Gasteiger partial charge on any atom is 0.303 e. The van der Waals surface area contributed by atoms with Crippen LogP contribution in [0.4, 0.5) is 0 Å². The van der Waals surface area contributed by atoms with Crippen LogP contribution in [0.3, 0.4) is 0 Å². The number of carboxylic acid groups (broad SMARTS) is 1. The number of carbonyl (C=O) groups is 1. The Bertz CT molecular complexity index is 275. The summed E-state index contributed by atoms with van der Waals surface area (Å²) in [5.41, 5.74) is 1.96. The van der Waals surface area contributed by atoms with Crippen molar-refractivity contribution in [3.63, 3.8) is 0 Å². The molecule has 12 heavy (non-hydrogen) atoms. The number of hydrogen-bond acceptors (Lipinski definition) is 2. The average Bonchev–Trinajstić information content (AvgIpc) is 2.51. The van der Waals surface area contributed by atoms with Gasteiger partial charge in [0, 0.05) is 6.42 Å². The second-order valence-corrected chi connectivity index (χ2v) is 3.29. The quantitative estimate of drug-likeness (QED) is 0.777. The van der Waals surface area contributed by atoms with Crippen molar-refractivity contribution in [2.24, 2.45) is 0 Å². The Labute approximate surface area is 75.2 Å². The second-order valence-electron chi connectivity index (χ2n) is 2.51. The van der Waals surface area contributed by atoms with Gasteiger partial charge in [-0.3, -0.25) is 4.79 Å². The summed E-state index contributed by atoms with van der Waals surface area (Å²) in [6.45, 7) is 3.81. The molecule has 0 aliphatic heterocycles. The van der Waals surface area contributed by atoms with E-state index in [2.05, 4.69) is 6.58 Å². The third kappa shape index (κ3) is 2.51. The van der Waals surface area contributed by atoms with E-state index in [9.17, 15) is 4.79 Å². The van der Waals surface area contributed by atoms with Crippen LogP contribution >= 0.6 is 11.3 Å². The molecular weight excluding hydrogens is 172 g/mol.